The molecule has 16 heavy (non-hydrogen) atoms. The smallest absolute Gasteiger partial charge is 0.135 e. The van der Waals surface area contributed by atoms with Crippen molar-refractivity contribution >= 4 is 5.82 Å². The summed E-state index contributed by atoms with van der Waals surface area (Å²) < 4.78 is 0. The fourth-order valence-electron chi connectivity index (χ4n) is 1.56. The first-order valence-corrected chi connectivity index (χ1v) is 5.39. The molecule has 1 aromatic carbocycles. The number of nitrogens with two attached hydrogens (primary N) is 1. The van der Waals surface area contributed by atoms with Gasteiger partial charge in [-0.05, 0) is 12.5 Å². The molecule has 0 aliphatic rings. The van der Waals surface area contributed by atoms with Gasteiger partial charge in [0.05, 0.1) is 0 Å². The van der Waals surface area contributed by atoms with E-state index in [0.29, 0.717) is 5.82 Å². The molecule has 0 saturated carbocycles. The minimum Gasteiger partial charge on any atom is -0.383 e. The Morgan fingerprint density at radius 2 is 1.88 bits per heavy atom. The van der Waals surface area contributed by atoms with Crippen molar-refractivity contribution in [2.75, 3.05) is 5.73 Å². The molecule has 1 heterocycles. The van der Waals surface area contributed by atoms with Gasteiger partial charge in [-0.1, -0.05) is 36.8 Å². The number of aromatic nitrogens is 2. The van der Waals surface area contributed by atoms with Crippen LogP contribution in [0.4, 0.5) is 5.82 Å². The average molecular weight is 213 g/mol. The zero-order valence-electron chi connectivity index (χ0n) is 9.57. The fraction of sp³-hybridized carbons (Fsp3) is 0.231. The summed E-state index contributed by atoms with van der Waals surface area (Å²) in [6.07, 6.45) is 2.60. The lowest BCUT2D eigenvalue weighted by molar-refractivity contribution is 0.946. The van der Waals surface area contributed by atoms with Crippen LogP contribution in [0.3, 0.4) is 0 Å². The number of aryl methyl sites for hydroxylation is 2. The molecular weight excluding hydrogens is 198 g/mol. The second-order valence-corrected chi connectivity index (χ2v) is 3.80. The molecule has 1 aromatic heterocycles. The normalized spacial score (nSPS) is 10.4. The average Bonchev–Trinajstić information content (AvgIpc) is 2.30. The number of rotatable bonds is 2. The van der Waals surface area contributed by atoms with Crippen molar-refractivity contribution < 1.29 is 0 Å². The highest BCUT2D eigenvalue weighted by molar-refractivity contribution is 5.72. The quantitative estimate of drug-likeness (QED) is 0.834. The predicted molar refractivity (Wildman–Crippen MR) is 66.0 cm³/mol. The van der Waals surface area contributed by atoms with Crippen LogP contribution in [0.25, 0.3) is 11.1 Å². The summed E-state index contributed by atoms with van der Waals surface area (Å²) in [6, 6.07) is 8.19. The summed E-state index contributed by atoms with van der Waals surface area (Å²) in [7, 11) is 0. The van der Waals surface area contributed by atoms with Crippen molar-refractivity contribution in [1.29, 1.82) is 0 Å². The molecule has 2 rings (SSSR count). The van der Waals surface area contributed by atoms with Crippen LogP contribution < -0.4 is 5.73 Å². The largest absolute Gasteiger partial charge is 0.383 e. The summed E-state index contributed by atoms with van der Waals surface area (Å²) in [5, 5.41) is 0. The third kappa shape index (κ3) is 2.03. The summed E-state index contributed by atoms with van der Waals surface area (Å²) in [4.78, 5) is 8.52. The first-order chi connectivity index (χ1) is 7.70. The Balaban J connectivity index is 2.44. The molecule has 0 unspecified atom stereocenters. The summed E-state index contributed by atoms with van der Waals surface area (Å²) in [6.45, 7) is 4.07. The highest BCUT2D eigenvalue weighted by atomic mass is 14.9. The second-order valence-electron chi connectivity index (χ2n) is 3.80. The topological polar surface area (TPSA) is 51.8 Å². The van der Waals surface area contributed by atoms with Crippen molar-refractivity contribution in [3.63, 3.8) is 0 Å². The van der Waals surface area contributed by atoms with Crippen molar-refractivity contribution in [1.82, 2.24) is 9.97 Å². The van der Waals surface area contributed by atoms with Crippen LogP contribution in [0.5, 0.6) is 0 Å². The van der Waals surface area contributed by atoms with Gasteiger partial charge in [0.15, 0.2) is 0 Å². The highest BCUT2D eigenvalue weighted by Crippen LogP contribution is 2.23. The fourth-order valence-corrected chi connectivity index (χ4v) is 1.56. The van der Waals surface area contributed by atoms with Gasteiger partial charge in [-0.15, -0.1) is 0 Å². The van der Waals surface area contributed by atoms with E-state index in [0.717, 1.165) is 23.4 Å². The molecule has 0 aliphatic heterocycles. The van der Waals surface area contributed by atoms with Gasteiger partial charge in [-0.3, -0.25) is 0 Å². The number of nitrogens with zero attached hydrogens (tertiary/aromatic N) is 2. The molecule has 0 aliphatic carbocycles. The molecule has 3 nitrogen and oxygen atoms in total. The Morgan fingerprint density at radius 1 is 1.19 bits per heavy atom. The summed E-state index contributed by atoms with van der Waals surface area (Å²) in [5.74, 6) is 1.34. The van der Waals surface area contributed by atoms with Crippen LogP contribution in [0, 0.1) is 6.92 Å². The zero-order chi connectivity index (χ0) is 11.5. The molecule has 2 N–H and O–H groups in total. The number of hydrogen-bond acceptors (Lipinski definition) is 3. The molecule has 0 spiro atoms. The van der Waals surface area contributed by atoms with E-state index >= 15 is 0 Å². The lowest BCUT2D eigenvalue weighted by Gasteiger charge is -2.06. The maximum atomic E-state index is 5.92. The van der Waals surface area contributed by atoms with Gasteiger partial charge in [0.1, 0.15) is 11.6 Å². The molecule has 0 amide bonds. The first kappa shape index (κ1) is 10.6. The molecule has 2 aromatic rings. The molecule has 0 fully saturated rings. The Kier molecular flexibility index (Phi) is 2.86. The highest BCUT2D eigenvalue weighted by Gasteiger charge is 2.05. The molecule has 82 valence electrons. The van der Waals surface area contributed by atoms with Gasteiger partial charge in [0.2, 0.25) is 0 Å². The zero-order valence-corrected chi connectivity index (χ0v) is 9.57. The Bertz CT molecular complexity index is 489. The Hall–Kier alpha value is -1.90. The minimum atomic E-state index is 0.552. The van der Waals surface area contributed by atoms with Crippen LogP contribution in [-0.2, 0) is 6.42 Å². The maximum Gasteiger partial charge on any atom is 0.135 e. The maximum absolute atomic E-state index is 5.92. The van der Waals surface area contributed by atoms with E-state index in [9.17, 15) is 0 Å². The SMILES string of the molecule is CCc1ncc(-c2ccc(C)cc2)c(N)n1. The molecule has 0 saturated heterocycles. The molecular formula is C13H15N3. The van der Waals surface area contributed by atoms with Crippen molar-refractivity contribution in [2.24, 2.45) is 0 Å². The van der Waals surface area contributed by atoms with E-state index in [1.807, 2.05) is 19.1 Å². The first-order valence-electron chi connectivity index (χ1n) is 5.39. The summed E-state index contributed by atoms with van der Waals surface area (Å²) >= 11 is 0. The van der Waals surface area contributed by atoms with Crippen LogP contribution in [0.1, 0.15) is 18.3 Å². The van der Waals surface area contributed by atoms with Crippen molar-refractivity contribution in [2.45, 2.75) is 20.3 Å². The molecule has 3 heteroatoms. The minimum absolute atomic E-state index is 0.552. The van der Waals surface area contributed by atoms with Gasteiger partial charge in [0.25, 0.3) is 0 Å². The van der Waals surface area contributed by atoms with Crippen LogP contribution in [-0.4, -0.2) is 9.97 Å². The van der Waals surface area contributed by atoms with E-state index in [2.05, 4.69) is 29.0 Å². The predicted octanol–water partition coefficient (Wildman–Crippen LogP) is 2.60. The number of anilines is 1. The van der Waals surface area contributed by atoms with E-state index in [1.54, 1.807) is 6.20 Å². The molecule has 0 radical (unpaired) electrons. The second kappa shape index (κ2) is 4.31. The van der Waals surface area contributed by atoms with E-state index in [-0.39, 0.29) is 0 Å². The molecule has 0 bridgehead atoms. The third-order valence-electron chi connectivity index (χ3n) is 2.55. The molecule has 0 atom stereocenters. The van der Waals surface area contributed by atoms with E-state index in [4.69, 9.17) is 5.73 Å². The van der Waals surface area contributed by atoms with Crippen molar-refractivity contribution in [3.05, 3.63) is 41.9 Å². The van der Waals surface area contributed by atoms with Crippen LogP contribution >= 0.6 is 0 Å². The standard InChI is InChI=1S/C13H15N3/c1-3-12-15-8-11(13(14)16-12)10-6-4-9(2)5-7-10/h4-8H,3H2,1-2H3,(H2,14,15,16). The van der Waals surface area contributed by atoms with E-state index in [1.165, 1.54) is 5.56 Å². The van der Waals surface area contributed by atoms with Gasteiger partial charge >= 0.3 is 0 Å². The monoisotopic (exact) mass is 213 g/mol. The van der Waals surface area contributed by atoms with Gasteiger partial charge in [-0.25, -0.2) is 9.97 Å². The number of benzene rings is 1. The number of hydrogen-bond donors (Lipinski definition) is 1. The summed E-state index contributed by atoms with van der Waals surface area (Å²) in [5.41, 5.74) is 9.11. The van der Waals surface area contributed by atoms with Gasteiger partial charge in [0, 0.05) is 18.2 Å². The lowest BCUT2D eigenvalue weighted by atomic mass is 10.1. The Labute approximate surface area is 95.4 Å². The van der Waals surface area contributed by atoms with Gasteiger partial charge in [-0.2, -0.15) is 0 Å². The number of nitrogen functional groups attached to an aromatic ring is 1. The van der Waals surface area contributed by atoms with Crippen LogP contribution in [0.2, 0.25) is 0 Å². The Morgan fingerprint density at radius 3 is 2.44 bits per heavy atom. The van der Waals surface area contributed by atoms with Crippen molar-refractivity contribution in [3.8, 4) is 11.1 Å². The van der Waals surface area contributed by atoms with Gasteiger partial charge < -0.3 is 5.73 Å². The van der Waals surface area contributed by atoms with Crippen LogP contribution in [0.15, 0.2) is 30.5 Å². The lowest BCUT2D eigenvalue weighted by Crippen LogP contribution is -2.00. The third-order valence-corrected chi connectivity index (χ3v) is 2.55. The van der Waals surface area contributed by atoms with E-state index < -0.39 is 0 Å².